The molecule has 0 saturated carbocycles. The normalized spacial score (nSPS) is 12.0. The minimum Gasteiger partial charge on any atom is -0.339 e. The lowest BCUT2D eigenvalue weighted by atomic mass is 10.1. The van der Waals surface area contributed by atoms with Crippen LogP contribution in [0.15, 0.2) is 24.3 Å². The molecule has 24 heavy (non-hydrogen) atoms. The van der Waals surface area contributed by atoms with Gasteiger partial charge in [0.25, 0.3) is 5.91 Å². The van der Waals surface area contributed by atoms with E-state index in [1.807, 2.05) is 30.9 Å². The first-order chi connectivity index (χ1) is 10.5. The van der Waals surface area contributed by atoms with Crippen LogP contribution >= 0.6 is 24.9 Å². The zero-order valence-electron chi connectivity index (χ0n) is 16.6. The molecule has 1 aromatic carbocycles. The molecule has 1 rings (SSSR count). The van der Waals surface area contributed by atoms with Crippen molar-refractivity contribution in [1.29, 1.82) is 0 Å². The number of halogens is 1. The Morgan fingerprint density at radius 1 is 0.958 bits per heavy atom. The van der Waals surface area contributed by atoms with E-state index in [0.717, 1.165) is 24.8 Å². The average Bonchev–Trinajstić information content (AvgIpc) is 2.43. The van der Waals surface area contributed by atoms with Gasteiger partial charge < -0.3 is 4.90 Å². The molecule has 1 amide bonds. The third-order valence-corrected chi connectivity index (χ3v) is 8.14. The summed E-state index contributed by atoms with van der Waals surface area (Å²) >= 11 is 0. The van der Waals surface area contributed by atoms with Gasteiger partial charge in [0.05, 0.1) is 0 Å². The smallest absolute Gasteiger partial charge is 0.254 e. The van der Waals surface area contributed by atoms with Crippen molar-refractivity contribution in [2.75, 3.05) is 13.1 Å². The second-order valence-corrected chi connectivity index (χ2v) is 11.9. The minimum atomic E-state index is -0.259. The maximum Gasteiger partial charge on any atom is 0.254 e. The summed E-state index contributed by atoms with van der Waals surface area (Å²) in [5.41, 5.74) is 2.09. The monoisotopic (exact) mass is 415 g/mol. The summed E-state index contributed by atoms with van der Waals surface area (Å²) in [5, 5.41) is 0.526. The highest BCUT2D eigenvalue weighted by Crippen LogP contribution is 2.61. The Balaban J connectivity index is 0.00000529. The van der Waals surface area contributed by atoms with E-state index in [4.69, 9.17) is 0 Å². The van der Waals surface area contributed by atoms with Crippen LogP contribution in [0.4, 0.5) is 0 Å². The zero-order valence-corrected chi connectivity index (χ0v) is 19.2. The summed E-state index contributed by atoms with van der Waals surface area (Å²) in [7, 11) is -0.259. The van der Waals surface area contributed by atoms with Crippen molar-refractivity contribution in [2.45, 2.75) is 71.9 Å². The van der Waals surface area contributed by atoms with Gasteiger partial charge in [-0.05, 0) is 42.0 Å². The molecule has 4 heteroatoms. The molecule has 0 heterocycles. The molecular weight excluding hydrogens is 381 g/mol. The Labute approximate surface area is 160 Å². The van der Waals surface area contributed by atoms with Crippen molar-refractivity contribution in [3.8, 4) is 0 Å². The molecule has 0 atom stereocenters. The van der Waals surface area contributed by atoms with Gasteiger partial charge in [-0.2, -0.15) is 0 Å². The van der Waals surface area contributed by atoms with E-state index in [1.54, 1.807) is 0 Å². The Hall–Kier alpha value is -0.400. The quantitative estimate of drug-likeness (QED) is 0.514. The summed E-state index contributed by atoms with van der Waals surface area (Å²) in [5.74, 6) is 0.170. The van der Waals surface area contributed by atoms with Crippen LogP contribution in [0.5, 0.6) is 0 Å². The maximum absolute atomic E-state index is 12.8. The van der Waals surface area contributed by atoms with Crippen LogP contribution < -0.4 is 0 Å². The number of rotatable bonds is 5. The fourth-order valence-electron chi connectivity index (χ4n) is 3.20. The molecule has 0 bridgehead atoms. The van der Waals surface area contributed by atoms with Crippen molar-refractivity contribution in [1.82, 2.24) is 4.90 Å². The molecule has 0 aromatic heterocycles. The van der Waals surface area contributed by atoms with E-state index in [-0.39, 0.29) is 41.1 Å². The standard InChI is InChI=1S/C20H34NOP.BrH/c1-9-21(10-2)18(22)17-14-12-11-13-16(17)15-23(19(3,4)5)20(6,7)8;/h11-14H,9-10,15H2,1-8H3;1H. The molecule has 0 spiro atoms. The van der Waals surface area contributed by atoms with Gasteiger partial charge >= 0.3 is 0 Å². The van der Waals surface area contributed by atoms with Gasteiger partial charge in [-0.15, -0.1) is 17.0 Å². The SMILES string of the molecule is Br.CCN(CC)C(=O)c1ccccc1CP(C(C)(C)C)C(C)(C)C. The number of nitrogens with zero attached hydrogens (tertiary/aromatic N) is 1. The number of hydrogen-bond donors (Lipinski definition) is 0. The van der Waals surface area contributed by atoms with E-state index in [9.17, 15) is 4.79 Å². The number of carbonyl (C=O) groups excluding carboxylic acids is 1. The second-order valence-electron chi connectivity index (χ2n) is 8.06. The van der Waals surface area contributed by atoms with Gasteiger partial charge in [-0.3, -0.25) is 4.79 Å². The predicted molar refractivity (Wildman–Crippen MR) is 114 cm³/mol. The topological polar surface area (TPSA) is 20.3 Å². The average molecular weight is 416 g/mol. The maximum atomic E-state index is 12.8. The fraction of sp³-hybridized carbons (Fsp3) is 0.650. The molecule has 2 nitrogen and oxygen atoms in total. The number of benzene rings is 1. The van der Waals surface area contributed by atoms with E-state index in [0.29, 0.717) is 0 Å². The van der Waals surface area contributed by atoms with E-state index >= 15 is 0 Å². The lowest BCUT2D eigenvalue weighted by Crippen LogP contribution is -2.31. The van der Waals surface area contributed by atoms with E-state index in [2.05, 4.69) is 53.7 Å². The van der Waals surface area contributed by atoms with Crippen molar-refractivity contribution in [2.24, 2.45) is 0 Å². The van der Waals surface area contributed by atoms with Gasteiger partial charge in [-0.25, -0.2) is 0 Å². The molecule has 0 radical (unpaired) electrons. The molecule has 0 fully saturated rings. The fourth-order valence-corrected chi connectivity index (χ4v) is 6.78. The molecule has 0 aliphatic carbocycles. The van der Waals surface area contributed by atoms with E-state index in [1.165, 1.54) is 5.56 Å². The lowest BCUT2D eigenvalue weighted by Gasteiger charge is -2.42. The highest BCUT2D eigenvalue weighted by molar-refractivity contribution is 8.93. The lowest BCUT2D eigenvalue weighted by molar-refractivity contribution is 0.0772. The van der Waals surface area contributed by atoms with Crippen molar-refractivity contribution < 1.29 is 4.79 Å². The molecule has 0 saturated heterocycles. The van der Waals surface area contributed by atoms with Gasteiger partial charge in [0, 0.05) is 18.7 Å². The first-order valence-electron chi connectivity index (χ1n) is 8.67. The number of hydrogen-bond acceptors (Lipinski definition) is 1. The van der Waals surface area contributed by atoms with Gasteiger partial charge in [-0.1, -0.05) is 67.7 Å². The highest BCUT2D eigenvalue weighted by atomic mass is 79.9. The first-order valence-corrected chi connectivity index (χ1v) is 10.2. The molecule has 0 unspecified atom stereocenters. The van der Waals surface area contributed by atoms with Crippen LogP contribution in [0.25, 0.3) is 0 Å². The molecule has 0 aliphatic rings. The number of amides is 1. The first kappa shape index (κ1) is 23.6. The van der Waals surface area contributed by atoms with Gasteiger partial charge in [0.2, 0.25) is 0 Å². The van der Waals surface area contributed by atoms with Crippen LogP contribution in [0.3, 0.4) is 0 Å². The third-order valence-electron chi connectivity index (χ3n) is 4.25. The Kier molecular flexibility index (Phi) is 9.18. The van der Waals surface area contributed by atoms with E-state index < -0.39 is 0 Å². The molecule has 138 valence electrons. The van der Waals surface area contributed by atoms with Crippen LogP contribution in [-0.2, 0) is 6.16 Å². The highest BCUT2D eigenvalue weighted by Gasteiger charge is 2.35. The number of carbonyl (C=O) groups is 1. The molecule has 1 aromatic rings. The molecule has 0 aliphatic heterocycles. The van der Waals surface area contributed by atoms with Crippen molar-refractivity contribution in [3.63, 3.8) is 0 Å². The van der Waals surface area contributed by atoms with Crippen LogP contribution in [0.1, 0.15) is 71.3 Å². The van der Waals surface area contributed by atoms with Crippen LogP contribution in [0.2, 0.25) is 0 Å². The minimum absolute atomic E-state index is 0. The van der Waals surface area contributed by atoms with Crippen LogP contribution in [-0.4, -0.2) is 34.2 Å². The summed E-state index contributed by atoms with van der Waals surface area (Å²) in [6.45, 7) is 19.6. The van der Waals surface area contributed by atoms with Crippen molar-refractivity contribution in [3.05, 3.63) is 35.4 Å². The summed E-state index contributed by atoms with van der Waals surface area (Å²) < 4.78 is 0. The molecule has 0 N–H and O–H groups in total. The van der Waals surface area contributed by atoms with Gasteiger partial charge in [0.15, 0.2) is 0 Å². The third kappa shape index (κ3) is 6.15. The summed E-state index contributed by atoms with van der Waals surface area (Å²) in [4.78, 5) is 14.8. The van der Waals surface area contributed by atoms with Gasteiger partial charge in [0.1, 0.15) is 0 Å². The molecular formula is C20H35BrNOP. The van der Waals surface area contributed by atoms with Crippen molar-refractivity contribution >= 4 is 30.8 Å². The largest absolute Gasteiger partial charge is 0.339 e. The van der Waals surface area contributed by atoms with Crippen LogP contribution in [0, 0.1) is 0 Å². The second kappa shape index (κ2) is 9.34. The Bertz CT molecular complexity index is 513. The summed E-state index contributed by atoms with van der Waals surface area (Å²) in [6.07, 6.45) is 1.01. The Morgan fingerprint density at radius 3 is 1.83 bits per heavy atom. The Morgan fingerprint density at radius 2 is 1.42 bits per heavy atom. The summed E-state index contributed by atoms with van der Waals surface area (Å²) in [6, 6.07) is 8.18. The predicted octanol–water partition coefficient (Wildman–Crippen LogP) is 6.33. The zero-order chi connectivity index (χ0) is 17.8.